The number of nitrogens with zero attached hydrogens (tertiary/aromatic N) is 4. The van der Waals surface area contributed by atoms with Crippen LogP contribution in [0, 0.1) is 0 Å². The van der Waals surface area contributed by atoms with Crippen molar-refractivity contribution < 1.29 is 0 Å². The Bertz CT molecular complexity index is 4830. The molecule has 0 saturated heterocycles. The summed E-state index contributed by atoms with van der Waals surface area (Å²) in [6.07, 6.45) is 4.72. The lowest BCUT2D eigenvalue weighted by Gasteiger charge is -2.44. The molecule has 0 unspecified atom stereocenters. The summed E-state index contributed by atoms with van der Waals surface area (Å²) in [6.45, 7) is -0.110. The normalized spacial score (nSPS) is 13.0. The van der Waals surface area contributed by atoms with Gasteiger partial charge in [-0.25, -0.2) is 0 Å². The van der Waals surface area contributed by atoms with E-state index in [1.807, 2.05) is 0 Å². The van der Waals surface area contributed by atoms with Gasteiger partial charge in [0.25, 0.3) is 13.4 Å². The van der Waals surface area contributed by atoms with E-state index in [9.17, 15) is 0 Å². The Morgan fingerprint density at radius 3 is 0.772 bits per heavy atom. The highest BCUT2D eigenvalue weighted by Gasteiger charge is 2.45. The molecule has 92 heavy (non-hydrogen) atoms. The molecule has 18 rings (SSSR count). The van der Waals surface area contributed by atoms with Crippen molar-refractivity contribution in [2.24, 2.45) is 0 Å². The van der Waals surface area contributed by atoms with Crippen molar-refractivity contribution in [3.8, 4) is 44.5 Å². The summed E-state index contributed by atoms with van der Waals surface area (Å²) >= 11 is 0. The fourth-order valence-electron chi connectivity index (χ4n) is 15.1. The predicted molar refractivity (Wildman–Crippen MR) is 392 cm³/mol. The molecule has 6 heteroatoms. The zero-order chi connectivity index (χ0) is 60.6. The summed E-state index contributed by atoms with van der Waals surface area (Å²) in [7, 11) is 0. The fourth-order valence-corrected chi connectivity index (χ4v) is 15.1. The first-order valence-corrected chi connectivity index (χ1v) is 31.9. The van der Waals surface area contributed by atoms with E-state index in [2.05, 4.69) is 371 Å². The smallest absolute Gasteiger partial charge is 0.252 e. The van der Waals surface area contributed by atoms with Gasteiger partial charge in [0.1, 0.15) is 0 Å². The Hall–Kier alpha value is -11.9. The Balaban J connectivity index is 0.867. The largest absolute Gasteiger partial charge is 0.311 e. The van der Waals surface area contributed by atoms with Gasteiger partial charge < -0.3 is 19.6 Å². The van der Waals surface area contributed by atoms with E-state index in [0.29, 0.717) is 0 Å². The molecule has 4 aliphatic heterocycles. The van der Waals surface area contributed by atoms with E-state index in [4.69, 9.17) is 0 Å². The molecule has 14 aromatic rings. The summed E-state index contributed by atoms with van der Waals surface area (Å²) in [4.78, 5) is 10.1. The van der Waals surface area contributed by atoms with Crippen molar-refractivity contribution in [2.45, 2.75) is 0 Å². The van der Waals surface area contributed by atoms with Gasteiger partial charge in [0, 0.05) is 68.2 Å². The number of anilines is 12. The third kappa shape index (κ3) is 8.86. The molecule has 0 atom stereocenters. The first-order chi connectivity index (χ1) is 45.6. The van der Waals surface area contributed by atoms with Gasteiger partial charge in [0.15, 0.2) is 0 Å². The molecule has 0 aliphatic carbocycles. The van der Waals surface area contributed by atoms with Crippen molar-refractivity contribution in [2.75, 3.05) is 19.6 Å². The molecule has 0 aromatic heterocycles. The van der Waals surface area contributed by atoms with Crippen molar-refractivity contribution in [3.63, 3.8) is 0 Å². The second-order valence-corrected chi connectivity index (χ2v) is 24.4. The van der Waals surface area contributed by atoms with Crippen molar-refractivity contribution in [1.29, 1.82) is 0 Å². The quantitative estimate of drug-likeness (QED) is 0.0999. The fraction of sp³-hybridized carbons (Fsp3) is 0. The van der Waals surface area contributed by atoms with E-state index in [1.54, 1.807) is 0 Å². The zero-order valence-corrected chi connectivity index (χ0v) is 50.4. The van der Waals surface area contributed by atoms with Gasteiger partial charge in [-0.05, 0) is 185 Å². The molecule has 0 N–H and O–H groups in total. The van der Waals surface area contributed by atoms with Crippen LogP contribution in [0.4, 0.5) is 68.2 Å². The molecule has 4 nitrogen and oxygen atoms in total. The van der Waals surface area contributed by atoms with Crippen LogP contribution in [0.1, 0.15) is 11.1 Å². The number of rotatable bonds is 10. The molecule has 0 bridgehead atoms. The SMILES string of the molecule is C(=Cc1cc2c3c(c1)N(c1ccc(-c4ccccc4)cc1)c1ccc(-c4ccccc4)cc1B3c1ccccc1N2c1ccccc1)c1cc2c3c(c1)N(c1ccc(-c4ccccc4)cc1)c1ccc(-c4ccccc4)cc1B3c1ccccc1N2c1ccccc1. The summed E-state index contributed by atoms with van der Waals surface area (Å²) < 4.78 is 0. The Morgan fingerprint density at radius 2 is 0.435 bits per heavy atom. The molecule has 4 aliphatic rings. The summed E-state index contributed by atoms with van der Waals surface area (Å²) in [5.74, 6) is 0. The third-order valence-corrected chi connectivity index (χ3v) is 19.2. The standard InChI is InChI=1S/C86H58B2N4/c1-7-23-61(24-8-1)65-41-47-71(48-42-65)91-79-51-45-67(63-27-11-3-12-28-63)57-75(79)87-73-35-19-21-37-77(73)89(69-31-15-5-16-32-69)81-53-59(55-83(91)85(81)87)39-40-60-54-82-86-84(56-60)92(72-49-43-66(44-50-72)62-25-9-2-10-26-62)80-52-46-68(64-29-13-4-14-30-64)58-76(80)88(86)74-36-20-22-38-78(74)90(82)70-33-17-6-18-34-70/h1-58H. The highest BCUT2D eigenvalue weighted by atomic mass is 15.2. The van der Waals surface area contributed by atoms with E-state index in [-0.39, 0.29) is 13.4 Å². The van der Waals surface area contributed by atoms with Crippen molar-refractivity contribution in [3.05, 3.63) is 351 Å². The lowest BCUT2D eigenvalue weighted by atomic mass is 9.33. The minimum atomic E-state index is -0.0550. The average molecular weight is 1170 g/mol. The zero-order valence-electron chi connectivity index (χ0n) is 50.4. The molecular formula is C86H58B2N4. The van der Waals surface area contributed by atoms with E-state index >= 15 is 0 Å². The van der Waals surface area contributed by atoms with Gasteiger partial charge >= 0.3 is 0 Å². The average Bonchev–Trinajstić information content (AvgIpc) is 0.709. The molecule has 0 amide bonds. The molecule has 0 fully saturated rings. The van der Waals surface area contributed by atoms with Gasteiger partial charge in [-0.1, -0.05) is 255 Å². The lowest BCUT2D eigenvalue weighted by molar-refractivity contribution is 1.25. The number of hydrogen-bond acceptors (Lipinski definition) is 4. The number of para-hydroxylation sites is 4. The van der Waals surface area contributed by atoms with E-state index in [0.717, 1.165) is 56.6 Å². The maximum Gasteiger partial charge on any atom is 0.252 e. The van der Waals surface area contributed by atoms with Gasteiger partial charge in [-0.2, -0.15) is 0 Å². The van der Waals surface area contributed by atoms with Crippen molar-refractivity contribution >= 4 is 127 Å². The second-order valence-electron chi connectivity index (χ2n) is 24.4. The van der Waals surface area contributed by atoms with Crippen LogP contribution in [0.3, 0.4) is 0 Å². The van der Waals surface area contributed by atoms with Crippen LogP contribution in [0.15, 0.2) is 340 Å². The second kappa shape index (κ2) is 22.0. The van der Waals surface area contributed by atoms with Crippen LogP contribution < -0.4 is 52.4 Å². The van der Waals surface area contributed by atoms with Gasteiger partial charge in [-0.15, -0.1) is 0 Å². The molecule has 14 aromatic carbocycles. The lowest BCUT2D eigenvalue weighted by Crippen LogP contribution is -2.61. The van der Waals surface area contributed by atoms with Crippen LogP contribution in [0.5, 0.6) is 0 Å². The molecule has 0 saturated carbocycles. The van der Waals surface area contributed by atoms with E-state index in [1.165, 1.54) is 100 Å². The molecular weight excluding hydrogens is 1110 g/mol. The van der Waals surface area contributed by atoms with Gasteiger partial charge in [0.2, 0.25) is 0 Å². The molecule has 4 heterocycles. The highest BCUT2D eigenvalue weighted by Crippen LogP contribution is 2.48. The highest BCUT2D eigenvalue weighted by molar-refractivity contribution is 7.01. The number of benzene rings is 14. The Morgan fingerprint density at radius 1 is 0.185 bits per heavy atom. The monoisotopic (exact) mass is 1170 g/mol. The van der Waals surface area contributed by atoms with Crippen molar-refractivity contribution in [1.82, 2.24) is 0 Å². The molecule has 0 spiro atoms. The predicted octanol–water partition coefficient (Wildman–Crippen LogP) is 18.7. The topological polar surface area (TPSA) is 13.0 Å². The summed E-state index contributed by atoms with van der Waals surface area (Å²) in [6, 6.07) is 126. The van der Waals surface area contributed by atoms with Crippen LogP contribution in [0.2, 0.25) is 0 Å². The maximum atomic E-state index is 2.53. The summed E-state index contributed by atoms with van der Waals surface area (Å²) in [5, 5.41) is 0. The van der Waals surface area contributed by atoms with Gasteiger partial charge in [-0.3, -0.25) is 0 Å². The number of hydrogen-bond donors (Lipinski definition) is 0. The van der Waals surface area contributed by atoms with Crippen LogP contribution >= 0.6 is 0 Å². The molecule has 428 valence electrons. The van der Waals surface area contributed by atoms with Crippen LogP contribution in [0.25, 0.3) is 56.7 Å². The first kappa shape index (κ1) is 53.2. The minimum absolute atomic E-state index is 0.0550. The minimum Gasteiger partial charge on any atom is -0.311 e. The Kier molecular flexibility index (Phi) is 12.7. The maximum absolute atomic E-state index is 2.53. The van der Waals surface area contributed by atoms with Crippen LogP contribution in [-0.4, -0.2) is 13.4 Å². The molecule has 0 radical (unpaired) electrons. The third-order valence-electron chi connectivity index (χ3n) is 19.2. The summed E-state index contributed by atoms with van der Waals surface area (Å²) in [5.41, 5.74) is 33.1. The van der Waals surface area contributed by atoms with Crippen LogP contribution in [-0.2, 0) is 0 Å². The Labute approximate surface area is 538 Å². The van der Waals surface area contributed by atoms with E-state index < -0.39 is 0 Å². The van der Waals surface area contributed by atoms with Gasteiger partial charge in [0.05, 0.1) is 0 Å². The number of fused-ring (bicyclic) bond motifs is 8. The first-order valence-electron chi connectivity index (χ1n) is 31.9.